The topological polar surface area (TPSA) is 8.17 Å². The van der Waals surface area contributed by atoms with Gasteiger partial charge in [-0.15, -0.1) is 0 Å². The molecule has 1 aliphatic carbocycles. The molecule has 11 aromatic rings. The minimum Gasteiger partial charge on any atom is -0.309 e. The van der Waals surface area contributed by atoms with E-state index in [0.29, 0.717) is 0 Å². The molecule has 0 aliphatic heterocycles. The highest BCUT2D eigenvalue weighted by molar-refractivity contribution is 6.10. The normalized spacial score (nSPS) is 12.6. The van der Waals surface area contributed by atoms with Crippen LogP contribution in [0.1, 0.15) is 62.8 Å². The van der Waals surface area contributed by atoms with Gasteiger partial charge in [-0.3, -0.25) is 0 Å². The molecule has 0 amide bonds. The number of hydrogen-bond acceptors (Lipinski definition) is 1. The first-order valence-electron chi connectivity index (χ1n) is 25.5. The lowest BCUT2D eigenvalue weighted by Gasteiger charge is -2.32. The van der Waals surface area contributed by atoms with E-state index in [-0.39, 0.29) is 5.41 Å². The summed E-state index contributed by atoms with van der Waals surface area (Å²) in [5, 5.41) is 2.69. The van der Waals surface area contributed by atoms with E-state index in [1.54, 1.807) is 0 Å². The Morgan fingerprint density at radius 3 is 1.35 bits per heavy atom. The minimum atomic E-state index is -0.142. The first-order chi connectivity index (χ1) is 34.9. The van der Waals surface area contributed by atoms with Crippen LogP contribution in [0.4, 0.5) is 17.1 Å². The Labute approximate surface area is 419 Å². The molecule has 344 valence electrons. The maximum atomic E-state index is 2.49. The van der Waals surface area contributed by atoms with Crippen molar-refractivity contribution in [2.24, 2.45) is 0 Å². The second-order valence-corrected chi connectivity index (χ2v) is 19.9. The maximum absolute atomic E-state index is 2.49. The van der Waals surface area contributed by atoms with Crippen LogP contribution in [0.5, 0.6) is 0 Å². The quantitative estimate of drug-likeness (QED) is 0.119. The predicted molar refractivity (Wildman–Crippen MR) is 303 cm³/mol. The van der Waals surface area contributed by atoms with E-state index in [2.05, 4.69) is 268 Å². The van der Waals surface area contributed by atoms with Gasteiger partial charge in [0.1, 0.15) is 0 Å². The Balaban J connectivity index is 0.905. The zero-order valence-electron chi connectivity index (χ0n) is 41.2. The van der Waals surface area contributed by atoms with Crippen molar-refractivity contribution in [2.75, 3.05) is 4.90 Å². The fourth-order valence-electron chi connectivity index (χ4n) is 11.5. The van der Waals surface area contributed by atoms with Crippen LogP contribution in [0, 0.1) is 0 Å². The second kappa shape index (κ2) is 18.3. The van der Waals surface area contributed by atoms with E-state index >= 15 is 0 Å². The maximum Gasteiger partial charge on any atom is 0.0618 e. The molecule has 0 spiro atoms. The van der Waals surface area contributed by atoms with Gasteiger partial charge in [-0.05, 0) is 140 Å². The Morgan fingerprint density at radius 1 is 0.366 bits per heavy atom. The van der Waals surface area contributed by atoms with Crippen molar-refractivity contribution in [2.45, 2.75) is 58.8 Å². The fraction of sp³-hybridized carbons (Fsp3) is 0.130. The number of fused-ring (bicyclic) bond motifs is 6. The highest BCUT2D eigenvalue weighted by atomic mass is 15.1. The number of anilines is 3. The van der Waals surface area contributed by atoms with E-state index in [4.69, 9.17) is 0 Å². The third-order valence-corrected chi connectivity index (χ3v) is 15.0. The van der Waals surface area contributed by atoms with Crippen molar-refractivity contribution in [3.05, 3.63) is 253 Å². The average molecular weight is 915 g/mol. The van der Waals surface area contributed by atoms with E-state index in [0.717, 1.165) is 42.7 Å². The third-order valence-electron chi connectivity index (χ3n) is 15.0. The molecule has 0 atom stereocenters. The SMILES string of the molecule is CCCc1ccc2c(c1)c1cc(CCC)ccc1n2-c1ccc(-c2ccc(-c3ccc(N(c4ccc5c(c4)C(C)(C)c4ccccc4-5)c4c(-c5ccccc5)cccc4-c4ccccc4)cc3)cc2)cc1. The van der Waals surface area contributed by atoms with Gasteiger partial charge in [-0.25, -0.2) is 0 Å². The molecule has 1 aliphatic rings. The predicted octanol–water partition coefficient (Wildman–Crippen LogP) is 19.1. The number of nitrogens with zero attached hydrogens (tertiary/aromatic N) is 2. The molecule has 0 saturated carbocycles. The van der Waals surface area contributed by atoms with Crippen LogP contribution < -0.4 is 4.90 Å². The number of aromatic nitrogens is 1. The van der Waals surface area contributed by atoms with Crippen molar-refractivity contribution >= 4 is 38.9 Å². The van der Waals surface area contributed by atoms with Crippen LogP contribution in [0.3, 0.4) is 0 Å². The van der Waals surface area contributed by atoms with Gasteiger partial charge in [0.15, 0.2) is 0 Å². The van der Waals surface area contributed by atoms with Crippen molar-refractivity contribution in [1.29, 1.82) is 0 Å². The molecule has 0 radical (unpaired) electrons. The van der Waals surface area contributed by atoms with E-state index in [1.807, 2.05) is 0 Å². The molecule has 10 aromatic carbocycles. The summed E-state index contributed by atoms with van der Waals surface area (Å²) < 4.78 is 2.45. The van der Waals surface area contributed by atoms with Crippen LogP contribution in [-0.4, -0.2) is 4.57 Å². The fourth-order valence-corrected chi connectivity index (χ4v) is 11.5. The van der Waals surface area contributed by atoms with Gasteiger partial charge in [-0.2, -0.15) is 0 Å². The van der Waals surface area contributed by atoms with Crippen LogP contribution in [0.2, 0.25) is 0 Å². The summed E-state index contributed by atoms with van der Waals surface area (Å²) in [6.07, 6.45) is 4.48. The summed E-state index contributed by atoms with van der Waals surface area (Å²) in [6.45, 7) is 9.26. The lowest BCUT2D eigenvalue weighted by atomic mass is 9.82. The summed E-state index contributed by atoms with van der Waals surface area (Å²) in [6, 6.07) is 85.9. The number of rotatable bonds is 12. The van der Waals surface area contributed by atoms with Gasteiger partial charge >= 0.3 is 0 Å². The number of hydrogen-bond donors (Lipinski definition) is 0. The number of benzene rings is 10. The summed E-state index contributed by atoms with van der Waals surface area (Å²) >= 11 is 0. The molecule has 1 heterocycles. The summed E-state index contributed by atoms with van der Waals surface area (Å²) in [5.74, 6) is 0. The summed E-state index contributed by atoms with van der Waals surface area (Å²) in [5.41, 5.74) is 24.6. The largest absolute Gasteiger partial charge is 0.309 e. The highest BCUT2D eigenvalue weighted by Crippen LogP contribution is 2.52. The Hall–Kier alpha value is -8.20. The smallest absolute Gasteiger partial charge is 0.0618 e. The molecule has 71 heavy (non-hydrogen) atoms. The van der Waals surface area contributed by atoms with E-state index < -0.39 is 0 Å². The van der Waals surface area contributed by atoms with Gasteiger partial charge in [0, 0.05) is 44.4 Å². The first-order valence-corrected chi connectivity index (χ1v) is 25.5. The molecule has 1 aromatic heterocycles. The third kappa shape index (κ3) is 7.85. The molecule has 12 rings (SSSR count). The number of para-hydroxylation sites is 1. The van der Waals surface area contributed by atoms with Crippen molar-refractivity contribution < 1.29 is 0 Å². The van der Waals surface area contributed by atoms with Gasteiger partial charge in [0.2, 0.25) is 0 Å². The van der Waals surface area contributed by atoms with Gasteiger partial charge < -0.3 is 9.47 Å². The average Bonchev–Trinajstić information content (AvgIpc) is 3.86. The van der Waals surface area contributed by atoms with Gasteiger partial charge in [-0.1, -0.05) is 210 Å². The van der Waals surface area contributed by atoms with Crippen LogP contribution in [0.15, 0.2) is 231 Å². The molecule has 2 heteroatoms. The van der Waals surface area contributed by atoms with Gasteiger partial charge in [0.05, 0.1) is 16.7 Å². The Morgan fingerprint density at radius 2 is 0.817 bits per heavy atom. The zero-order valence-corrected chi connectivity index (χ0v) is 41.2. The molecule has 2 nitrogen and oxygen atoms in total. The lowest BCUT2D eigenvalue weighted by molar-refractivity contribution is 0.660. The minimum absolute atomic E-state index is 0.142. The molecule has 0 saturated heterocycles. The Kier molecular flexibility index (Phi) is 11.3. The monoisotopic (exact) mass is 914 g/mol. The molecule has 0 fully saturated rings. The first kappa shape index (κ1) is 44.0. The molecular weight excluding hydrogens is 857 g/mol. The second-order valence-electron chi connectivity index (χ2n) is 19.9. The Bertz CT molecular complexity index is 3590. The molecule has 0 N–H and O–H groups in total. The molecule has 0 unspecified atom stereocenters. The van der Waals surface area contributed by atoms with Crippen LogP contribution in [0.25, 0.3) is 83.1 Å². The van der Waals surface area contributed by atoms with Crippen LogP contribution >= 0.6 is 0 Å². The molecular formula is C69H58N2. The van der Waals surface area contributed by atoms with Crippen LogP contribution in [-0.2, 0) is 18.3 Å². The highest BCUT2D eigenvalue weighted by Gasteiger charge is 2.36. The summed E-state index contributed by atoms with van der Waals surface area (Å²) in [4.78, 5) is 2.49. The van der Waals surface area contributed by atoms with Gasteiger partial charge in [0.25, 0.3) is 0 Å². The van der Waals surface area contributed by atoms with Crippen molar-refractivity contribution in [3.8, 4) is 61.3 Å². The van der Waals surface area contributed by atoms with Crippen molar-refractivity contribution in [1.82, 2.24) is 4.57 Å². The summed E-state index contributed by atoms with van der Waals surface area (Å²) in [7, 11) is 0. The van der Waals surface area contributed by atoms with E-state index in [9.17, 15) is 0 Å². The van der Waals surface area contributed by atoms with Crippen molar-refractivity contribution in [3.63, 3.8) is 0 Å². The zero-order chi connectivity index (χ0) is 48.1. The standard InChI is InChI=1S/C69H58N2/c1-5-16-47-26-42-66-62(44-47)63-45-48(17-6-2)27-43-67(63)71(66)56-38-34-52(35-39-56)50-30-28-49(29-31-50)51-32-36-55(37-33-51)70(57-40-41-61-60-22-13-14-25-64(60)69(3,4)65(61)46-57)68-58(53-18-9-7-10-19-53)23-15-24-59(68)54-20-11-8-12-21-54/h7-15,18-46H,5-6,16-17H2,1-4H3. The lowest BCUT2D eigenvalue weighted by Crippen LogP contribution is -2.17. The number of aryl methyl sites for hydroxylation is 2. The molecule has 0 bridgehead atoms. The van der Waals surface area contributed by atoms with E-state index in [1.165, 1.54) is 105 Å².